The first kappa shape index (κ1) is 34.4. The fourth-order valence-electron chi connectivity index (χ4n) is 5.49. The van der Waals surface area contributed by atoms with Crippen molar-refractivity contribution >= 4 is 23.0 Å². The van der Waals surface area contributed by atoms with Gasteiger partial charge in [-0.15, -0.1) is 18.8 Å². The molecule has 4 nitrogen and oxygen atoms in total. The van der Waals surface area contributed by atoms with E-state index in [1.807, 2.05) is 49.1 Å². The zero-order valence-corrected chi connectivity index (χ0v) is 27.5. The number of amides is 1. The third-order valence-corrected chi connectivity index (χ3v) is 8.91. The van der Waals surface area contributed by atoms with Gasteiger partial charge in [0.15, 0.2) is 0 Å². The van der Waals surface area contributed by atoms with Gasteiger partial charge in [0.25, 0.3) is 5.91 Å². The monoisotopic (exact) mass is 615 g/mol. The Morgan fingerprint density at radius 2 is 1.59 bits per heavy atom. The molecule has 6 rings (SSSR count). The van der Waals surface area contributed by atoms with Crippen LogP contribution in [0.2, 0.25) is 0 Å². The molecule has 1 saturated heterocycles. The van der Waals surface area contributed by atoms with Gasteiger partial charge in [0.1, 0.15) is 5.82 Å². The molecule has 3 fully saturated rings. The highest BCUT2D eigenvalue weighted by Gasteiger charge is 2.27. The third-order valence-electron chi connectivity index (χ3n) is 8.91. The fraction of sp³-hybridized carbons (Fsp3) is 0.390. The molecule has 2 aliphatic carbocycles. The maximum atomic E-state index is 13.6. The molecule has 3 aromatic carbocycles. The van der Waals surface area contributed by atoms with Gasteiger partial charge in [0, 0.05) is 42.1 Å². The number of carbonyl (C=O) groups is 1. The Hall–Kier alpha value is -4.48. The predicted octanol–water partition coefficient (Wildman–Crippen LogP) is 9.34. The van der Waals surface area contributed by atoms with Crippen molar-refractivity contribution in [3.8, 4) is 24.7 Å². The van der Waals surface area contributed by atoms with Crippen molar-refractivity contribution in [3.63, 3.8) is 0 Å². The first-order valence-electron chi connectivity index (χ1n) is 16.5. The first-order valence-corrected chi connectivity index (χ1v) is 16.5. The molecule has 2 saturated carbocycles. The van der Waals surface area contributed by atoms with Gasteiger partial charge in [-0.3, -0.25) is 10.2 Å². The molecule has 0 atom stereocenters. The minimum absolute atomic E-state index is 0.0338. The maximum absolute atomic E-state index is 13.6. The number of halogens is 1. The highest BCUT2D eigenvalue weighted by Crippen LogP contribution is 2.32. The summed E-state index contributed by atoms with van der Waals surface area (Å²) >= 11 is 0. The Balaban J connectivity index is 0.000000365. The predicted molar refractivity (Wildman–Crippen MR) is 188 cm³/mol. The van der Waals surface area contributed by atoms with Crippen molar-refractivity contribution < 1.29 is 9.18 Å². The van der Waals surface area contributed by atoms with E-state index in [1.165, 1.54) is 44.2 Å². The van der Waals surface area contributed by atoms with Crippen molar-refractivity contribution in [1.82, 2.24) is 4.90 Å². The molecule has 5 heteroatoms. The number of likely N-dealkylation sites (tertiary alicyclic amines) is 1. The Labute approximate surface area is 275 Å². The number of terminal acetylenes is 2. The van der Waals surface area contributed by atoms with E-state index in [0.717, 1.165) is 53.6 Å². The van der Waals surface area contributed by atoms with Crippen LogP contribution in [0.25, 0.3) is 0 Å². The molecule has 46 heavy (non-hydrogen) atoms. The Morgan fingerprint density at radius 1 is 0.891 bits per heavy atom. The van der Waals surface area contributed by atoms with E-state index in [9.17, 15) is 9.18 Å². The second kappa shape index (κ2) is 16.7. The van der Waals surface area contributed by atoms with E-state index in [-0.39, 0.29) is 23.4 Å². The number of rotatable bonds is 7. The molecule has 3 aliphatic rings. The van der Waals surface area contributed by atoms with Crippen molar-refractivity contribution in [2.45, 2.75) is 72.1 Å². The number of aryl methyl sites for hydroxylation is 2. The second-order valence-electron chi connectivity index (χ2n) is 12.6. The summed E-state index contributed by atoms with van der Waals surface area (Å²) in [4.78, 5) is 19.8. The zero-order chi connectivity index (χ0) is 33.1. The van der Waals surface area contributed by atoms with Gasteiger partial charge < -0.3 is 4.90 Å². The average molecular weight is 616 g/mol. The Bertz CT molecular complexity index is 1630. The molecule has 3 aromatic rings. The van der Waals surface area contributed by atoms with E-state index >= 15 is 0 Å². The Kier molecular flexibility index (Phi) is 12.5. The smallest absolute Gasteiger partial charge is 0.253 e. The summed E-state index contributed by atoms with van der Waals surface area (Å²) < 4.78 is 13.6. The van der Waals surface area contributed by atoms with E-state index in [2.05, 4.69) is 18.8 Å². The SMILES string of the molecule is C#CC(=Nc1ccccc1C)C1CCN(C(=O)c2ccc(C(=N)c3cccc(F)c3)c(C)c2)CC1.C#CCC1CC1.CCC1CC1. The van der Waals surface area contributed by atoms with Crippen LogP contribution < -0.4 is 0 Å². The van der Waals surface area contributed by atoms with Gasteiger partial charge in [-0.1, -0.05) is 68.5 Å². The molecule has 238 valence electrons. The highest BCUT2D eigenvalue weighted by molar-refractivity contribution is 6.12. The number of piperidine rings is 1. The molecule has 0 radical (unpaired) electrons. The molecule has 0 bridgehead atoms. The summed E-state index contributed by atoms with van der Waals surface area (Å²) in [6.45, 7) is 7.36. The minimum atomic E-state index is -0.378. The van der Waals surface area contributed by atoms with Crippen molar-refractivity contribution in [3.05, 3.63) is 100 Å². The van der Waals surface area contributed by atoms with Crippen LogP contribution >= 0.6 is 0 Å². The lowest BCUT2D eigenvalue weighted by atomic mass is 9.91. The molecule has 1 heterocycles. The van der Waals surface area contributed by atoms with Crippen LogP contribution in [0.1, 0.15) is 90.9 Å². The summed E-state index contributed by atoms with van der Waals surface area (Å²) in [5.41, 5.74) is 5.51. The van der Waals surface area contributed by atoms with Crippen LogP contribution in [0.5, 0.6) is 0 Å². The first-order chi connectivity index (χ1) is 22.2. The quantitative estimate of drug-likeness (QED) is 0.209. The van der Waals surface area contributed by atoms with E-state index in [0.29, 0.717) is 29.8 Å². The average Bonchev–Trinajstić information content (AvgIpc) is 4.01. The topological polar surface area (TPSA) is 56.5 Å². The molecule has 1 N–H and O–H groups in total. The maximum Gasteiger partial charge on any atom is 0.253 e. The van der Waals surface area contributed by atoms with Crippen molar-refractivity contribution in [1.29, 1.82) is 5.41 Å². The standard InChI is InChI=1S/C30H28FN3O.C6H8.C5H10/c1-4-27(33-28-11-6-5-8-20(28)2)22-14-16-34(17-15-22)30(35)24-12-13-26(21(3)18-24)29(32)23-9-7-10-25(31)19-23;1-2-3-6-4-5-6;1-2-5-3-4-5/h1,5-13,18-19,22,32H,14-17H2,2-3H3;1,6H,3-5H2;5H,2-4H2,1H3. The highest BCUT2D eigenvalue weighted by atomic mass is 19.1. The van der Waals surface area contributed by atoms with Gasteiger partial charge in [-0.25, -0.2) is 9.38 Å². The Morgan fingerprint density at radius 3 is 2.11 bits per heavy atom. The van der Waals surface area contributed by atoms with Crippen LogP contribution in [0, 0.1) is 67.5 Å². The van der Waals surface area contributed by atoms with E-state index in [1.54, 1.807) is 24.3 Å². The molecule has 0 aromatic heterocycles. The molecule has 0 unspecified atom stereocenters. The van der Waals surface area contributed by atoms with Crippen LogP contribution in [-0.2, 0) is 0 Å². The summed E-state index contributed by atoms with van der Waals surface area (Å²) in [7, 11) is 0. The van der Waals surface area contributed by atoms with Gasteiger partial charge >= 0.3 is 0 Å². The van der Waals surface area contributed by atoms with Gasteiger partial charge in [-0.05, 0) is 92.8 Å². The summed E-state index contributed by atoms with van der Waals surface area (Å²) in [5.74, 6) is 7.18. The molecular weight excluding hydrogens is 569 g/mol. The van der Waals surface area contributed by atoms with Crippen LogP contribution in [0.4, 0.5) is 10.1 Å². The van der Waals surface area contributed by atoms with Crippen LogP contribution in [0.3, 0.4) is 0 Å². The number of hydrogen-bond acceptors (Lipinski definition) is 3. The molecule has 1 aliphatic heterocycles. The number of benzene rings is 3. The minimum Gasteiger partial charge on any atom is -0.339 e. The van der Waals surface area contributed by atoms with E-state index < -0.39 is 0 Å². The lowest BCUT2D eigenvalue weighted by molar-refractivity contribution is 0.0710. The van der Waals surface area contributed by atoms with Crippen molar-refractivity contribution in [2.24, 2.45) is 22.7 Å². The van der Waals surface area contributed by atoms with E-state index in [4.69, 9.17) is 23.2 Å². The molecule has 0 spiro atoms. The zero-order valence-electron chi connectivity index (χ0n) is 27.5. The number of aliphatic imine (C=N–C) groups is 1. The molecule has 1 amide bonds. The number of carbonyl (C=O) groups excluding carboxylic acids is 1. The fourth-order valence-corrected chi connectivity index (χ4v) is 5.49. The number of nitrogens with one attached hydrogen (secondary N) is 1. The number of para-hydroxylation sites is 1. The number of nitrogens with zero attached hydrogens (tertiary/aromatic N) is 2. The summed E-state index contributed by atoms with van der Waals surface area (Å²) in [6, 6.07) is 19.2. The summed E-state index contributed by atoms with van der Waals surface area (Å²) in [5, 5.41) is 8.47. The van der Waals surface area contributed by atoms with Crippen LogP contribution in [-0.4, -0.2) is 35.3 Å². The van der Waals surface area contributed by atoms with Gasteiger partial charge in [0.05, 0.1) is 17.1 Å². The second-order valence-corrected chi connectivity index (χ2v) is 12.6. The lowest BCUT2D eigenvalue weighted by Crippen LogP contribution is -2.40. The third kappa shape index (κ3) is 10.0. The van der Waals surface area contributed by atoms with Crippen molar-refractivity contribution in [2.75, 3.05) is 13.1 Å². The van der Waals surface area contributed by atoms with Gasteiger partial charge in [0.2, 0.25) is 0 Å². The number of hydrogen-bond donors (Lipinski definition) is 1. The largest absolute Gasteiger partial charge is 0.339 e. The van der Waals surface area contributed by atoms with Crippen LogP contribution in [0.15, 0.2) is 71.7 Å². The lowest BCUT2D eigenvalue weighted by Gasteiger charge is -2.32. The normalized spacial score (nSPS) is 16.1. The summed E-state index contributed by atoms with van der Waals surface area (Å²) in [6.07, 6.45) is 20.6. The molecular formula is C41H46FN3O. The van der Waals surface area contributed by atoms with Gasteiger partial charge in [-0.2, -0.15) is 0 Å².